The number of benzene rings is 2. The zero-order valence-electron chi connectivity index (χ0n) is 17.7. The van der Waals surface area contributed by atoms with Crippen LogP contribution in [0.1, 0.15) is 27.8 Å². The molecule has 1 saturated heterocycles. The maximum atomic E-state index is 13.9. The second-order valence-electron chi connectivity index (χ2n) is 7.57. The quantitative estimate of drug-likeness (QED) is 0.523. The Balaban J connectivity index is 1.61. The number of alkyl halides is 3. The van der Waals surface area contributed by atoms with E-state index in [1.165, 1.54) is 0 Å². The molecule has 180 valence electrons. The summed E-state index contributed by atoms with van der Waals surface area (Å²) in [5.41, 5.74) is -1.58. The summed E-state index contributed by atoms with van der Waals surface area (Å²) in [6.45, 7) is 2.10. The van der Waals surface area contributed by atoms with Gasteiger partial charge in [0.1, 0.15) is 5.82 Å². The summed E-state index contributed by atoms with van der Waals surface area (Å²) >= 11 is 6.37. The summed E-state index contributed by atoms with van der Waals surface area (Å²) in [5, 5.41) is 10.0. The summed E-state index contributed by atoms with van der Waals surface area (Å²) < 4.78 is 60.7. The molecule has 3 aromatic rings. The van der Waals surface area contributed by atoms with Crippen molar-refractivity contribution in [1.82, 2.24) is 25.2 Å². The van der Waals surface area contributed by atoms with E-state index < -0.39 is 29.3 Å². The van der Waals surface area contributed by atoms with E-state index in [1.807, 2.05) is 4.90 Å². The minimum Gasteiger partial charge on any atom is -0.379 e. The van der Waals surface area contributed by atoms with Crippen LogP contribution in [-0.4, -0.2) is 58.6 Å². The maximum absolute atomic E-state index is 13.9. The van der Waals surface area contributed by atoms with Crippen molar-refractivity contribution in [3.8, 4) is 5.69 Å². The molecule has 12 heteroatoms. The van der Waals surface area contributed by atoms with E-state index in [4.69, 9.17) is 16.3 Å². The van der Waals surface area contributed by atoms with Gasteiger partial charge in [0.2, 0.25) is 0 Å². The van der Waals surface area contributed by atoms with Crippen molar-refractivity contribution in [3.63, 3.8) is 0 Å². The van der Waals surface area contributed by atoms with Crippen LogP contribution in [0.2, 0.25) is 5.02 Å². The number of halogens is 5. The Morgan fingerprint density at radius 3 is 2.44 bits per heavy atom. The normalized spacial score (nSPS) is 15.8. The fourth-order valence-electron chi connectivity index (χ4n) is 3.80. The Kier molecular flexibility index (Phi) is 7.15. The summed E-state index contributed by atoms with van der Waals surface area (Å²) in [6, 6.07) is 10.9. The molecule has 1 aliphatic rings. The monoisotopic (exact) mass is 497 g/mol. The zero-order valence-corrected chi connectivity index (χ0v) is 18.5. The molecule has 2 aromatic carbocycles. The first kappa shape index (κ1) is 24.1. The Morgan fingerprint density at radius 1 is 1.12 bits per heavy atom. The van der Waals surface area contributed by atoms with Gasteiger partial charge in [0.25, 0.3) is 5.91 Å². The highest BCUT2D eigenvalue weighted by Crippen LogP contribution is 2.33. The van der Waals surface area contributed by atoms with Crippen molar-refractivity contribution in [2.75, 3.05) is 32.8 Å². The number of carbonyl (C=O) groups is 1. The van der Waals surface area contributed by atoms with E-state index in [2.05, 4.69) is 15.6 Å². The number of nitrogens with zero attached hydrogens (tertiary/aromatic N) is 4. The predicted molar refractivity (Wildman–Crippen MR) is 115 cm³/mol. The van der Waals surface area contributed by atoms with Crippen LogP contribution in [0, 0.1) is 5.82 Å². The lowest BCUT2D eigenvalue weighted by Gasteiger charge is -2.35. The van der Waals surface area contributed by atoms with E-state index in [0.717, 1.165) is 29.8 Å². The molecule has 4 rings (SSSR count). The van der Waals surface area contributed by atoms with Gasteiger partial charge in [-0.2, -0.15) is 13.2 Å². The third-order valence-corrected chi connectivity index (χ3v) is 5.78. The highest BCUT2D eigenvalue weighted by molar-refractivity contribution is 6.31. The molecule has 1 fully saturated rings. The second kappa shape index (κ2) is 10.1. The van der Waals surface area contributed by atoms with Crippen molar-refractivity contribution >= 4 is 17.5 Å². The highest BCUT2D eigenvalue weighted by Gasteiger charge is 2.42. The summed E-state index contributed by atoms with van der Waals surface area (Å²) in [5.74, 6) is -1.66. The number of ether oxygens (including phenoxy) is 1. The largest absolute Gasteiger partial charge is 0.435 e. The smallest absolute Gasteiger partial charge is 0.379 e. The lowest BCUT2D eigenvalue weighted by molar-refractivity contribution is -0.143. The van der Waals surface area contributed by atoms with Crippen molar-refractivity contribution < 1.29 is 27.1 Å². The standard InChI is InChI=1S/C22H20ClF4N5O2/c23-17-4-2-1-3-16(17)18(31-9-11-34-12-10-31)13-28-21(33)19-20(22(25,26)27)32(30-29-19)15-7-5-14(24)6-8-15/h1-8,18H,9-13H2,(H,28,33). The van der Waals surface area contributed by atoms with Crippen molar-refractivity contribution in [1.29, 1.82) is 0 Å². The number of rotatable bonds is 6. The van der Waals surface area contributed by atoms with E-state index in [0.29, 0.717) is 36.0 Å². The molecule has 1 amide bonds. The fraction of sp³-hybridized carbons (Fsp3) is 0.318. The predicted octanol–water partition coefficient (Wildman–Crippen LogP) is 3.88. The van der Waals surface area contributed by atoms with Crippen LogP contribution in [0.4, 0.5) is 17.6 Å². The van der Waals surface area contributed by atoms with E-state index in [-0.39, 0.29) is 18.3 Å². The third-order valence-electron chi connectivity index (χ3n) is 5.43. The topological polar surface area (TPSA) is 72.3 Å². The summed E-state index contributed by atoms with van der Waals surface area (Å²) in [7, 11) is 0. The number of hydrogen-bond donors (Lipinski definition) is 1. The zero-order chi connectivity index (χ0) is 24.3. The van der Waals surface area contributed by atoms with Gasteiger partial charge in [0.05, 0.1) is 24.9 Å². The maximum Gasteiger partial charge on any atom is 0.435 e. The molecule has 7 nitrogen and oxygen atoms in total. The van der Waals surface area contributed by atoms with Gasteiger partial charge in [-0.05, 0) is 35.9 Å². The average molecular weight is 498 g/mol. The molecular formula is C22H20ClF4N5O2. The van der Waals surface area contributed by atoms with Gasteiger partial charge in [-0.3, -0.25) is 9.69 Å². The minimum absolute atomic E-state index is 0.0106. The van der Waals surface area contributed by atoms with Gasteiger partial charge in [-0.15, -0.1) is 5.10 Å². The Labute approximate surface area is 197 Å². The third kappa shape index (κ3) is 5.21. The molecule has 0 spiro atoms. The van der Waals surface area contributed by atoms with Gasteiger partial charge in [-0.25, -0.2) is 9.07 Å². The molecule has 1 aromatic heterocycles. The Morgan fingerprint density at radius 2 is 1.79 bits per heavy atom. The lowest BCUT2D eigenvalue weighted by atomic mass is 10.0. The molecule has 0 saturated carbocycles. The molecule has 1 N–H and O–H groups in total. The summed E-state index contributed by atoms with van der Waals surface area (Å²) in [6.07, 6.45) is -4.93. The fourth-order valence-corrected chi connectivity index (χ4v) is 4.06. The SMILES string of the molecule is O=C(NCC(c1ccccc1Cl)N1CCOCC1)c1nnn(-c2ccc(F)cc2)c1C(F)(F)F. The van der Waals surface area contributed by atoms with Gasteiger partial charge in [0.15, 0.2) is 11.4 Å². The molecule has 0 aliphatic carbocycles. The van der Waals surface area contributed by atoms with Crippen LogP contribution in [0.5, 0.6) is 0 Å². The van der Waals surface area contributed by atoms with E-state index >= 15 is 0 Å². The second-order valence-corrected chi connectivity index (χ2v) is 7.98. The molecular weight excluding hydrogens is 478 g/mol. The van der Waals surface area contributed by atoms with Crippen LogP contribution in [0.25, 0.3) is 5.69 Å². The molecule has 1 atom stereocenters. The first-order valence-electron chi connectivity index (χ1n) is 10.4. The van der Waals surface area contributed by atoms with E-state index in [9.17, 15) is 22.4 Å². The molecule has 0 bridgehead atoms. The van der Waals surface area contributed by atoms with Gasteiger partial charge in [0, 0.05) is 24.7 Å². The van der Waals surface area contributed by atoms with Crippen LogP contribution in [0.15, 0.2) is 48.5 Å². The molecule has 1 unspecified atom stereocenters. The van der Waals surface area contributed by atoms with Gasteiger partial charge < -0.3 is 10.1 Å². The van der Waals surface area contributed by atoms with Crippen molar-refractivity contribution in [3.05, 3.63) is 76.3 Å². The van der Waals surface area contributed by atoms with Crippen molar-refractivity contribution in [2.24, 2.45) is 0 Å². The number of carbonyl (C=O) groups excluding carboxylic acids is 1. The highest BCUT2D eigenvalue weighted by atomic mass is 35.5. The van der Waals surface area contributed by atoms with Gasteiger partial charge in [-0.1, -0.05) is 35.0 Å². The number of amides is 1. The summed E-state index contributed by atoms with van der Waals surface area (Å²) in [4.78, 5) is 14.9. The van der Waals surface area contributed by atoms with Crippen molar-refractivity contribution in [2.45, 2.75) is 12.2 Å². The molecule has 2 heterocycles. The Bertz CT molecular complexity index is 1150. The average Bonchev–Trinajstić information content (AvgIpc) is 3.27. The number of hydrogen-bond acceptors (Lipinski definition) is 5. The number of morpholine rings is 1. The Hall–Kier alpha value is -3.02. The lowest BCUT2D eigenvalue weighted by Crippen LogP contribution is -2.44. The molecule has 0 radical (unpaired) electrons. The van der Waals surface area contributed by atoms with Crippen LogP contribution in [0.3, 0.4) is 0 Å². The molecule has 34 heavy (non-hydrogen) atoms. The first-order valence-corrected chi connectivity index (χ1v) is 10.8. The van der Waals surface area contributed by atoms with E-state index in [1.54, 1.807) is 24.3 Å². The number of nitrogens with one attached hydrogen (secondary N) is 1. The number of aromatic nitrogens is 3. The van der Waals surface area contributed by atoms with Crippen LogP contribution < -0.4 is 5.32 Å². The molecule has 1 aliphatic heterocycles. The van der Waals surface area contributed by atoms with Crippen LogP contribution in [-0.2, 0) is 10.9 Å². The van der Waals surface area contributed by atoms with Gasteiger partial charge >= 0.3 is 6.18 Å². The first-order chi connectivity index (χ1) is 16.3. The van der Waals surface area contributed by atoms with Crippen LogP contribution >= 0.6 is 11.6 Å². The minimum atomic E-state index is -4.93.